The quantitative estimate of drug-likeness (QED) is 0.546. The number of hydrogen-bond acceptors (Lipinski definition) is 4. The maximum absolute atomic E-state index is 12.8. The minimum atomic E-state index is -0.293. The maximum Gasteiger partial charge on any atom is 0.255 e. The molecule has 0 unspecified atom stereocenters. The Balaban J connectivity index is 1.59. The minimum absolute atomic E-state index is 0.245. The Labute approximate surface area is 167 Å². The molecule has 0 aliphatic rings. The molecular formula is C23H18N4O2. The van der Waals surface area contributed by atoms with Crippen LogP contribution in [-0.4, -0.2) is 21.8 Å². The number of amides is 2. The molecule has 0 atom stereocenters. The van der Waals surface area contributed by atoms with Crippen molar-refractivity contribution in [3.8, 4) is 0 Å². The van der Waals surface area contributed by atoms with Crippen molar-refractivity contribution in [1.29, 1.82) is 0 Å². The molecule has 0 aliphatic heterocycles. The molecule has 4 aromatic rings. The van der Waals surface area contributed by atoms with Crippen LogP contribution in [0.2, 0.25) is 0 Å². The largest absolute Gasteiger partial charge is 0.320 e. The van der Waals surface area contributed by atoms with E-state index in [0.29, 0.717) is 28.0 Å². The van der Waals surface area contributed by atoms with Crippen molar-refractivity contribution in [3.63, 3.8) is 0 Å². The smallest absolute Gasteiger partial charge is 0.255 e. The first kappa shape index (κ1) is 18.3. The van der Waals surface area contributed by atoms with Gasteiger partial charge in [-0.25, -0.2) is 0 Å². The highest BCUT2D eigenvalue weighted by Gasteiger charge is 2.13. The zero-order chi connectivity index (χ0) is 20.2. The molecule has 142 valence electrons. The second-order valence-electron chi connectivity index (χ2n) is 6.58. The van der Waals surface area contributed by atoms with E-state index in [4.69, 9.17) is 0 Å². The number of carbonyl (C=O) groups excluding carboxylic acids is 2. The number of aryl methyl sites for hydroxylation is 1. The van der Waals surface area contributed by atoms with Gasteiger partial charge >= 0.3 is 0 Å². The molecular weight excluding hydrogens is 364 g/mol. The van der Waals surface area contributed by atoms with Gasteiger partial charge in [-0.1, -0.05) is 24.3 Å². The summed E-state index contributed by atoms with van der Waals surface area (Å²) in [5.74, 6) is -0.538. The van der Waals surface area contributed by atoms with Crippen molar-refractivity contribution < 1.29 is 9.59 Å². The van der Waals surface area contributed by atoms with Crippen LogP contribution in [0, 0.1) is 6.92 Å². The van der Waals surface area contributed by atoms with Crippen LogP contribution < -0.4 is 10.6 Å². The van der Waals surface area contributed by atoms with E-state index in [1.54, 1.807) is 60.9 Å². The first-order valence-electron chi connectivity index (χ1n) is 9.09. The second kappa shape index (κ2) is 7.90. The van der Waals surface area contributed by atoms with Crippen molar-refractivity contribution in [2.45, 2.75) is 6.92 Å². The summed E-state index contributed by atoms with van der Waals surface area (Å²) >= 11 is 0. The Hall–Kier alpha value is -4.06. The average Bonchev–Trinajstić information content (AvgIpc) is 2.75. The summed E-state index contributed by atoms with van der Waals surface area (Å²) in [4.78, 5) is 33.8. The summed E-state index contributed by atoms with van der Waals surface area (Å²) in [6, 6.07) is 19.5. The number of nitrogens with zero attached hydrogens (tertiary/aromatic N) is 2. The van der Waals surface area contributed by atoms with E-state index in [1.165, 1.54) is 0 Å². The van der Waals surface area contributed by atoms with Crippen LogP contribution in [0.1, 0.15) is 26.3 Å². The first-order valence-corrected chi connectivity index (χ1v) is 9.09. The fraction of sp³-hybridized carbons (Fsp3) is 0.0435. The van der Waals surface area contributed by atoms with Crippen LogP contribution in [0.3, 0.4) is 0 Å². The Morgan fingerprint density at radius 2 is 1.38 bits per heavy atom. The molecule has 0 radical (unpaired) electrons. The fourth-order valence-corrected chi connectivity index (χ4v) is 2.95. The molecule has 0 spiro atoms. The molecule has 29 heavy (non-hydrogen) atoms. The van der Waals surface area contributed by atoms with Gasteiger partial charge in [0.05, 0.1) is 22.4 Å². The molecule has 3 aromatic carbocycles. The highest BCUT2D eigenvalue weighted by atomic mass is 16.2. The lowest BCUT2D eigenvalue weighted by atomic mass is 10.1. The van der Waals surface area contributed by atoms with Gasteiger partial charge in [-0.05, 0) is 55.0 Å². The summed E-state index contributed by atoms with van der Waals surface area (Å²) in [6.07, 6.45) is 3.19. The average molecular weight is 382 g/mol. The van der Waals surface area contributed by atoms with Crippen molar-refractivity contribution >= 4 is 34.2 Å². The Morgan fingerprint density at radius 3 is 2.17 bits per heavy atom. The van der Waals surface area contributed by atoms with E-state index >= 15 is 0 Å². The summed E-state index contributed by atoms with van der Waals surface area (Å²) in [5.41, 5.74) is 4.37. The highest BCUT2D eigenvalue weighted by Crippen LogP contribution is 2.25. The van der Waals surface area contributed by atoms with E-state index in [0.717, 1.165) is 11.1 Å². The van der Waals surface area contributed by atoms with Gasteiger partial charge in [0.15, 0.2) is 0 Å². The van der Waals surface area contributed by atoms with Gasteiger partial charge in [0.2, 0.25) is 0 Å². The third kappa shape index (κ3) is 4.11. The van der Waals surface area contributed by atoms with Crippen LogP contribution in [0.15, 0.2) is 79.1 Å². The van der Waals surface area contributed by atoms with Gasteiger partial charge in [-0.2, -0.15) is 0 Å². The zero-order valence-corrected chi connectivity index (χ0v) is 15.7. The van der Waals surface area contributed by atoms with Crippen LogP contribution in [-0.2, 0) is 0 Å². The van der Waals surface area contributed by atoms with Crippen LogP contribution in [0.25, 0.3) is 11.0 Å². The molecule has 1 aromatic heterocycles. The van der Waals surface area contributed by atoms with Crippen LogP contribution in [0.4, 0.5) is 11.4 Å². The van der Waals surface area contributed by atoms with E-state index in [1.807, 2.05) is 25.1 Å². The molecule has 0 aliphatic carbocycles. The maximum atomic E-state index is 12.8. The third-order valence-corrected chi connectivity index (χ3v) is 4.44. The van der Waals surface area contributed by atoms with Crippen molar-refractivity contribution in [3.05, 3.63) is 95.8 Å². The number of nitrogens with one attached hydrogen (secondary N) is 2. The number of anilines is 2. The van der Waals surface area contributed by atoms with Crippen molar-refractivity contribution in [2.75, 3.05) is 10.6 Å². The zero-order valence-electron chi connectivity index (χ0n) is 15.7. The lowest BCUT2D eigenvalue weighted by Crippen LogP contribution is -2.17. The fourth-order valence-electron chi connectivity index (χ4n) is 2.95. The minimum Gasteiger partial charge on any atom is -0.320 e. The number of hydrogen-bond donors (Lipinski definition) is 2. The van der Waals surface area contributed by atoms with Gasteiger partial charge < -0.3 is 10.6 Å². The first-order chi connectivity index (χ1) is 14.1. The van der Waals surface area contributed by atoms with E-state index < -0.39 is 0 Å². The van der Waals surface area contributed by atoms with Gasteiger partial charge in [0, 0.05) is 23.5 Å². The number of benzene rings is 3. The standard InChI is InChI=1S/C23H18N4O2/c1-15-7-9-19(26-22(28)16-5-3-2-4-6-16)21(13-15)27-23(29)17-8-10-18-20(14-17)25-12-11-24-18/h2-14H,1H3,(H,26,28)(H,27,29). The SMILES string of the molecule is Cc1ccc(NC(=O)c2ccccc2)c(NC(=O)c2ccc3nccnc3c2)c1. The number of fused-ring (bicyclic) bond motifs is 1. The third-order valence-electron chi connectivity index (χ3n) is 4.44. The van der Waals surface area contributed by atoms with Crippen molar-refractivity contribution in [1.82, 2.24) is 9.97 Å². The molecule has 0 saturated carbocycles. The Kier molecular flexibility index (Phi) is 4.99. The van der Waals surface area contributed by atoms with Gasteiger partial charge in [0.1, 0.15) is 0 Å². The lowest BCUT2D eigenvalue weighted by molar-refractivity contribution is 0.101. The topological polar surface area (TPSA) is 84.0 Å². The predicted molar refractivity (Wildman–Crippen MR) is 113 cm³/mol. The molecule has 1 heterocycles. The predicted octanol–water partition coefficient (Wildman–Crippen LogP) is 4.44. The molecule has 0 fully saturated rings. The lowest BCUT2D eigenvalue weighted by Gasteiger charge is -2.13. The summed E-state index contributed by atoms with van der Waals surface area (Å²) in [7, 11) is 0. The van der Waals surface area contributed by atoms with Crippen LogP contribution >= 0.6 is 0 Å². The molecule has 0 bridgehead atoms. The molecule has 6 nitrogen and oxygen atoms in total. The summed E-state index contributed by atoms with van der Waals surface area (Å²) in [6.45, 7) is 1.92. The summed E-state index contributed by atoms with van der Waals surface area (Å²) in [5, 5.41) is 5.75. The number of carbonyl (C=O) groups is 2. The second-order valence-corrected chi connectivity index (χ2v) is 6.58. The Morgan fingerprint density at radius 1 is 0.690 bits per heavy atom. The number of aromatic nitrogens is 2. The van der Waals surface area contributed by atoms with E-state index in [-0.39, 0.29) is 11.8 Å². The molecule has 2 N–H and O–H groups in total. The van der Waals surface area contributed by atoms with Gasteiger partial charge in [0.25, 0.3) is 11.8 Å². The van der Waals surface area contributed by atoms with Gasteiger partial charge in [-0.15, -0.1) is 0 Å². The molecule has 0 saturated heterocycles. The monoisotopic (exact) mass is 382 g/mol. The summed E-state index contributed by atoms with van der Waals surface area (Å²) < 4.78 is 0. The molecule has 6 heteroatoms. The van der Waals surface area contributed by atoms with Gasteiger partial charge in [-0.3, -0.25) is 19.6 Å². The normalized spacial score (nSPS) is 10.5. The van der Waals surface area contributed by atoms with Crippen LogP contribution in [0.5, 0.6) is 0 Å². The Bertz CT molecular complexity index is 1210. The molecule has 4 rings (SSSR count). The highest BCUT2D eigenvalue weighted by molar-refractivity contribution is 6.10. The van der Waals surface area contributed by atoms with E-state index in [9.17, 15) is 9.59 Å². The molecule has 2 amide bonds. The van der Waals surface area contributed by atoms with E-state index in [2.05, 4.69) is 20.6 Å². The number of rotatable bonds is 4. The van der Waals surface area contributed by atoms with Crippen molar-refractivity contribution in [2.24, 2.45) is 0 Å².